The quantitative estimate of drug-likeness (QED) is 0.655. The number of nitrogens with zero attached hydrogens (tertiary/aromatic N) is 2. The lowest BCUT2D eigenvalue weighted by molar-refractivity contribution is -0.384. The van der Waals surface area contributed by atoms with Crippen LogP contribution in [-0.2, 0) is 4.79 Å². The number of hydrogen-bond acceptors (Lipinski definition) is 5. The van der Waals surface area contributed by atoms with Gasteiger partial charge in [0.15, 0.2) is 6.61 Å². The topological polar surface area (TPSA) is 84.7 Å². The van der Waals surface area contributed by atoms with E-state index in [1.165, 1.54) is 24.3 Å². The van der Waals surface area contributed by atoms with Gasteiger partial charge in [-0.15, -0.1) is 12.4 Å². The highest BCUT2D eigenvalue weighted by Crippen LogP contribution is 2.17. The molecule has 0 spiro atoms. The molecule has 1 fully saturated rings. The van der Waals surface area contributed by atoms with Crippen LogP contribution in [0.5, 0.6) is 5.75 Å². The lowest BCUT2D eigenvalue weighted by Gasteiger charge is -2.31. The molecule has 22 heavy (non-hydrogen) atoms. The molecule has 0 aliphatic carbocycles. The highest BCUT2D eigenvalue weighted by Gasteiger charge is 2.21. The van der Waals surface area contributed by atoms with E-state index in [0.717, 1.165) is 25.9 Å². The normalized spacial score (nSPS) is 15.0. The Hall–Kier alpha value is -1.86. The van der Waals surface area contributed by atoms with Gasteiger partial charge in [-0.2, -0.15) is 0 Å². The molecule has 1 aromatic rings. The van der Waals surface area contributed by atoms with Crippen LogP contribution in [0.1, 0.15) is 12.8 Å². The first-order valence-electron chi connectivity index (χ1n) is 6.92. The molecule has 0 bridgehead atoms. The Morgan fingerprint density at radius 1 is 1.36 bits per heavy atom. The summed E-state index contributed by atoms with van der Waals surface area (Å²) in [6.45, 7) is 1.42. The number of nitrogens with one attached hydrogen (secondary N) is 1. The maximum Gasteiger partial charge on any atom is 0.269 e. The van der Waals surface area contributed by atoms with Crippen LogP contribution in [0.3, 0.4) is 0 Å². The summed E-state index contributed by atoms with van der Waals surface area (Å²) in [5.74, 6) is 0.405. The average molecular weight is 330 g/mol. The van der Waals surface area contributed by atoms with Crippen molar-refractivity contribution in [3.8, 4) is 5.75 Å². The first-order chi connectivity index (χ1) is 10.1. The van der Waals surface area contributed by atoms with Crippen molar-refractivity contribution in [2.45, 2.75) is 18.9 Å². The van der Waals surface area contributed by atoms with E-state index in [1.807, 2.05) is 7.05 Å². The van der Waals surface area contributed by atoms with Gasteiger partial charge < -0.3 is 15.0 Å². The van der Waals surface area contributed by atoms with Crippen LogP contribution < -0.4 is 10.1 Å². The lowest BCUT2D eigenvalue weighted by atomic mass is 10.1. The Morgan fingerprint density at radius 2 is 1.95 bits per heavy atom. The number of non-ortho nitro benzene ring substituents is 1. The van der Waals surface area contributed by atoms with E-state index >= 15 is 0 Å². The summed E-state index contributed by atoms with van der Waals surface area (Å²) in [7, 11) is 1.93. The molecule has 0 radical (unpaired) electrons. The molecule has 1 amide bonds. The first kappa shape index (κ1) is 18.2. The summed E-state index contributed by atoms with van der Waals surface area (Å²) in [6.07, 6.45) is 1.89. The third kappa shape index (κ3) is 4.85. The minimum Gasteiger partial charge on any atom is -0.484 e. The third-order valence-corrected chi connectivity index (χ3v) is 3.67. The van der Waals surface area contributed by atoms with Gasteiger partial charge in [0.05, 0.1) is 4.92 Å². The Kier molecular flexibility index (Phi) is 7.07. The second kappa shape index (κ2) is 8.55. The fourth-order valence-electron chi connectivity index (χ4n) is 2.32. The number of carbonyl (C=O) groups is 1. The van der Waals surface area contributed by atoms with Crippen molar-refractivity contribution in [2.75, 3.05) is 26.7 Å². The zero-order chi connectivity index (χ0) is 15.2. The summed E-state index contributed by atoms with van der Waals surface area (Å²) in [6, 6.07) is 6.19. The average Bonchev–Trinajstić information content (AvgIpc) is 2.53. The Labute approximate surface area is 135 Å². The number of nitro groups is 1. The molecular weight excluding hydrogens is 310 g/mol. The highest BCUT2D eigenvalue weighted by atomic mass is 35.5. The number of nitro benzene ring substituents is 1. The Balaban J connectivity index is 0.00000242. The number of piperidine rings is 1. The number of halogens is 1. The van der Waals surface area contributed by atoms with E-state index in [2.05, 4.69) is 5.32 Å². The maximum atomic E-state index is 12.0. The van der Waals surface area contributed by atoms with Crippen molar-refractivity contribution in [3.05, 3.63) is 34.4 Å². The van der Waals surface area contributed by atoms with Crippen molar-refractivity contribution < 1.29 is 14.5 Å². The molecule has 1 aliphatic heterocycles. The van der Waals surface area contributed by atoms with Crippen molar-refractivity contribution in [1.82, 2.24) is 10.2 Å². The second-order valence-electron chi connectivity index (χ2n) is 4.98. The number of carbonyl (C=O) groups excluding carboxylic acids is 1. The van der Waals surface area contributed by atoms with Gasteiger partial charge in [0.1, 0.15) is 5.75 Å². The van der Waals surface area contributed by atoms with Crippen molar-refractivity contribution in [3.63, 3.8) is 0 Å². The van der Waals surface area contributed by atoms with Crippen LogP contribution in [0.15, 0.2) is 24.3 Å². The van der Waals surface area contributed by atoms with Gasteiger partial charge in [0.2, 0.25) is 0 Å². The standard InChI is InChI=1S/C14H19N3O4.ClH/c1-15-11-6-8-16(9-7-11)14(18)10-21-13-4-2-12(3-5-13)17(19)20;/h2-5,11,15H,6-10H2,1H3;1H. The lowest BCUT2D eigenvalue weighted by Crippen LogP contribution is -2.45. The molecule has 0 unspecified atom stereocenters. The van der Waals surface area contributed by atoms with Crippen LogP contribution in [-0.4, -0.2) is 48.5 Å². The zero-order valence-electron chi connectivity index (χ0n) is 12.4. The van der Waals surface area contributed by atoms with Gasteiger partial charge in [0.25, 0.3) is 11.6 Å². The van der Waals surface area contributed by atoms with Crippen LogP contribution in [0.2, 0.25) is 0 Å². The number of ether oxygens (including phenoxy) is 1. The second-order valence-corrected chi connectivity index (χ2v) is 4.98. The van der Waals surface area contributed by atoms with Crippen molar-refractivity contribution in [1.29, 1.82) is 0 Å². The molecule has 1 saturated heterocycles. The van der Waals surface area contributed by atoms with Gasteiger partial charge >= 0.3 is 0 Å². The summed E-state index contributed by atoms with van der Waals surface area (Å²) in [5.41, 5.74) is 0.00261. The largest absolute Gasteiger partial charge is 0.484 e. The van der Waals surface area contributed by atoms with Crippen LogP contribution in [0.4, 0.5) is 5.69 Å². The predicted octanol–water partition coefficient (Wildman–Crippen LogP) is 1.61. The molecule has 122 valence electrons. The van der Waals surface area contributed by atoms with Crippen molar-refractivity contribution in [2.24, 2.45) is 0 Å². The van der Waals surface area contributed by atoms with E-state index < -0.39 is 4.92 Å². The van der Waals surface area contributed by atoms with E-state index in [9.17, 15) is 14.9 Å². The number of rotatable bonds is 5. The molecule has 8 heteroatoms. The summed E-state index contributed by atoms with van der Waals surface area (Å²) >= 11 is 0. The minimum absolute atomic E-state index is 0. The van der Waals surface area contributed by atoms with Gasteiger partial charge in [-0.05, 0) is 32.0 Å². The molecule has 1 heterocycles. The summed E-state index contributed by atoms with van der Waals surface area (Å²) in [5, 5.41) is 13.7. The van der Waals surface area contributed by atoms with Gasteiger partial charge in [-0.1, -0.05) is 0 Å². The molecular formula is C14H20ClN3O4. The van der Waals surface area contributed by atoms with Crippen LogP contribution >= 0.6 is 12.4 Å². The summed E-state index contributed by atoms with van der Waals surface area (Å²) in [4.78, 5) is 23.9. The monoisotopic (exact) mass is 329 g/mol. The molecule has 1 aliphatic rings. The molecule has 0 saturated carbocycles. The molecule has 2 rings (SSSR count). The van der Waals surface area contributed by atoms with Gasteiger partial charge in [0, 0.05) is 31.3 Å². The zero-order valence-corrected chi connectivity index (χ0v) is 13.2. The van der Waals surface area contributed by atoms with Crippen LogP contribution in [0.25, 0.3) is 0 Å². The fraction of sp³-hybridized carbons (Fsp3) is 0.500. The molecule has 1 N–H and O–H groups in total. The molecule has 7 nitrogen and oxygen atoms in total. The van der Waals surface area contributed by atoms with E-state index in [4.69, 9.17) is 4.74 Å². The third-order valence-electron chi connectivity index (χ3n) is 3.67. The van der Waals surface area contributed by atoms with Gasteiger partial charge in [-0.3, -0.25) is 14.9 Å². The highest BCUT2D eigenvalue weighted by molar-refractivity contribution is 5.85. The fourth-order valence-corrected chi connectivity index (χ4v) is 2.32. The number of likely N-dealkylation sites (tertiary alicyclic amines) is 1. The van der Waals surface area contributed by atoms with Crippen LogP contribution in [0, 0.1) is 10.1 Å². The Morgan fingerprint density at radius 3 is 2.45 bits per heavy atom. The van der Waals surface area contributed by atoms with E-state index in [-0.39, 0.29) is 30.6 Å². The number of benzene rings is 1. The SMILES string of the molecule is CNC1CCN(C(=O)COc2ccc([N+](=O)[O-])cc2)CC1.Cl. The predicted molar refractivity (Wildman–Crippen MR) is 84.5 cm³/mol. The van der Waals surface area contributed by atoms with E-state index in [1.54, 1.807) is 4.90 Å². The van der Waals surface area contributed by atoms with E-state index in [0.29, 0.717) is 11.8 Å². The molecule has 1 aromatic carbocycles. The smallest absolute Gasteiger partial charge is 0.269 e. The summed E-state index contributed by atoms with van der Waals surface area (Å²) < 4.78 is 5.38. The minimum atomic E-state index is -0.471. The first-order valence-corrected chi connectivity index (χ1v) is 6.92. The molecule has 0 aromatic heterocycles. The molecule has 0 atom stereocenters. The Bertz CT molecular complexity index is 501. The number of hydrogen-bond donors (Lipinski definition) is 1. The van der Waals surface area contributed by atoms with Gasteiger partial charge in [-0.25, -0.2) is 0 Å². The van der Waals surface area contributed by atoms with Crippen molar-refractivity contribution >= 4 is 24.0 Å². The number of amides is 1. The maximum absolute atomic E-state index is 12.0.